The van der Waals surface area contributed by atoms with Gasteiger partial charge >= 0.3 is 5.97 Å². The van der Waals surface area contributed by atoms with E-state index in [0.29, 0.717) is 5.52 Å². The molecule has 3 rings (SSSR count). The molecular formula is C13H10N2O5. The Balaban J connectivity index is 2.39. The maximum Gasteiger partial charge on any atom is 0.341 e. The van der Waals surface area contributed by atoms with Crippen molar-refractivity contribution in [2.24, 2.45) is 0 Å². The Morgan fingerprint density at radius 1 is 1.40 bits per heavy atom. The molecule has 0 unspecified atom stereocenters. The van der Waals surface area contributed by atoms with Crippen LogP contribution in [0.3, 0.4) is 0 Å². The van der Waals surface area contributed by atoms with Crippen LogP contribution < -0.4 is 5.43 Å². The minimum atomic E-state index is -1.32. The van der Waals surface area contributed by atoms with Gasteiger partial charge in [0.2, 0.25) is 5.43 Å². The first-order valence-corrected chi connectivity index (χ1v) is 6.05. The van der Waals surface area contributed by atoms with Crippen LogP contribution in [0.5, 0.6) is 0 Å². The van der Waals surface area contributed by atoms with Crippen LogP contribution in [0.15, 0.2) is 29.2 Å². The number of carboxylic acid groups (broad SMARTS) is 1. The molecule has 0 amide bonds. The number of nitrogens with zero attached hydrogens (tertiary/aromatic N) is 2. The lowest BCUT2D eigenvalue weighted by atomic mass is 10.1. The van der Waals surface area contributed by atoms with E-state index in [1.165, 1.54) is 18.3 Å². The molecule has 1 aliphatic rings. The molecule has 20 heavy (non-hydrogen) atoms. The van der Waals surface area contributed by atoms with Gasteiger partial charge in [0, 0.05) is 24.4 Å². The highest BCUT2D eigenvalue weighted by Crippen LogP contribution is 2.37. The number of benzene rings is 1. The maximum atomic E-state index is 12.1. The Hall–Kier alpha value is -2.70. The molecular weight excluding hydrogens is 264 g/mol. The third-order valence-electron chi connectivity index (χ3n) is 3.40. The van der Waals surface area contributed by atoms with Gasteiger partial charge in [-0.3, -0.25) is 14.9 Å². The molecule has 0 radical (unpaired) electrons. The smallest absolute Gasteiger partial charge is 0.341 e. The van der Waals surface area contributed by atoms with Crippen LogP contribution in [-0.2, 0) is 0 Å². The van der Waals surface area contributed by atoms with Gasteiger partial charge in [0.15, 0.2) is 0 Å². The maximum absolute atomic E-state index is 12.1. The minimum absolute atomic E-state index is 0.0750. The van der Waals surface area contributed by atoms with Gasteiger partial charge in [0.1, 0.15) is 5.56 Å². The molecule has 1 fully saturated rings. The summed E-state index contributed by atoms with van der Waals surface area (Å²) in [6.07, 6.45) is 3.15. The Labute approximate surface area is 112 Å². The quantitative estimate of drug-likeness (QED) is 0.680. The van der Waals surface area contributed by atoms with Crippen molar-refractivity contribution >= 4 is 22.6 Å². The van der Waals surface area contributed by atoms with Gasteiger partial charge in [-0.25, -0.2) is 4.79 Å². The molecule has 102 valence electrons. The SMILES string of the molecule is O=C(O)c1cn(C2CC2)c2ccc([N+](=O)[O-])cc2c1=O. The Morgan fingerprint density at radius 3 is 2.65 bits per heavy atom. The summed E-state index contributed by atoms with van der Waals surface area (Å²) in [5.74, 6) is -1.32. The summed E-state index contributed by atoms with van der Waals surface area (Å²) in [6, 6.07) is 4.13. The van der Waals surface area contributed by atoms with E-state index >= 15 is 0 Å². The molecule has 7 nitrogen and oxygen atoms in total. The summed E-state index contributed by atoms with van der Waals surface area (Å²) in [5, 5.41) is 19.9. The summed E-state index contributed by atoms with van der Waals surface area (Å²) in [7, 11) is 0. The number of pyridine rings is 1. The van der Waals surface area contributed by atoms with Gasteiger partial charge in [0.25, 0.3) is 5.69 Å². The number of aromatic nitrogens is 1. The number of non-ortho nitro benzene ring substituents is 1. The zero-order valence-corrected chi connectivity index (χ0v) is 10.3. The third-order valence-corrected chi connectivity index (χ3v) is 3.40. The van der Waals surface area contributed by atoms with Crippen molar-refractivity contribution in [2.45, 2.75) is 18.9 Å². The molecule has 1 aliphatic carbocycles. The average Bonchev–Trinajstić information content (AvgIpc) is 3.22. The second-order valence-corrected chi connectivity index (χ2v) is 4.77. The van der Waals surface area contributed by atoms with Crippen molar-refractivity contribution in [2.75, 3.05) is 0 Å². The number of carboxylic acids is 1. The van der Waals surface area contributed by atoms with E-state index in [1.54, 1.807) is 4.57 Å². The first-order valence-electron chi connectivity index (χ1n) is 6.05. The topological polar surface area (TPSA) is 102 Å². The zero-order chi connectivity index (χ0) is 14.4. The van der Waals surface area contributed by atoms with Crippen molar-refractivity contribution in [3.8, 4) is 0 Å². The molecule has 1 heterocycles. The van der Waals surface area contributed by atoms with Gasteiger partial charge in [-0.2, -0.15) is 0 Å². The molecule has 0 atom stereocenters. The van der Waals surface area contributed by atoms with Crippen LogP contribution in [0.4, 0.5) is 5.69 Å². The molecule has 7 heteroatoms. The number of hydrogen-bond acceptors (Lipinski definition) is 4. The number of carbonyl (C=O) groups is 1. The van der Waals surface area contributed by atoms with Gasteiger partial charge in [-0.15, -0.1) is 0 Å². The molecule has 0 spiro atoms. The van der Waals surface area contributed by atoms with Gasteiger partial charge in [-0.1, -0.05) is 0 Å². The van der Waals surface area contributed by atoms with E-state index in [9.17, 15) is 19.7 Å². The zero-order valence-electron chi connectivity index (χ0n) is 10.3. The second-order valence-electron chi connectivity index (χ2n) is 4.77. The monoisotopic (exact) mass is 274 g/mol. The van der Waals surface area contributed by atoms with Crippen molar-refractivity contribution in [1.82, 2.24) is 4.57 Å². The molecule has 0 bridgehead atoms. The first-order chi connectivity index (χ1) is 9.49. The molecule has 1 N–H and O–H groups in total. The van der Waals surface area contributed by atoms with Gasteiger partial charge in [-0.05, 0) is 18.9 Å². The number of rotatable bonds is 3. The Morgan fingerprint density at radius 2 is 2.10 bits per heavy atom. The summed E-state index contributed by atoms with van der Waals surface area (Å²) in [5.41, 5.74) is -0.731. The number of hydrogen-bond donors (Lipinski definition) is 1. The lowest BCUT2D eigenvalue weighted by Crippen LogP contribution is -2.18. The molecule has 1 aromatic heterocycles. The number of nitro benzene ring substituents is 1. The van der Waals surface area contributed by atoms with Gasteiger partial charge in [0.05, 0.1) is 15.8 Å². The van der Waals surface area contributed by atoms with Crippen molar-refractivity contribution in [1.29, 1.82) is 0 Å². The van der Waals surface area contributed by atoms with Crippen molar-refractivity contribution in [3.05, 3.63) is 50.3 Å². The largest absolute Gasteiger partial charge is 0.477 e. The summed E-state index contributed by atoms with van der Waals surface area (Å²) < 4.78 is 1.73. The van der Waals surface area contributed by atoms with E-state index < -0.39 is 16.3 Å². The highest BCUT2D eigenvalue weighted by atomic mass is 16.6. The normalized spacial score (nSPS) is 14.4. The van der Waals surface area contributed by atoms with E-state index in [-0.39, 0.29) is 22.7 Å². The lowest BCUT2D eigenvalue weighted by molar-refractivity contribution is -0.384. The number of aromatic carboxylic acids is 1. The predicted octanol–water partition coefficient (Wildman–Crippen LogP) is 1.94. The Kier molecular flexibility index (Phi) is 2.56. The van der Waals surface area contributed by atoms with Crippen molar-refractivity contribution < 1.29 is 14.8 Å². The number of nitro groups is 1. The van der Waals surface area contributed by atoms with Crippen LogP contribution in [-0.4, -0.2) is 20.6 Å². The fourth-order valence-electron chi connectivity index (χ4n) is 2.26. The van der Waals surface area contributed by atoms with Crippen LogP contribution in [0.1, 0.15) is 29.2 Å². The standard InChI is InChI=1S/C13H10N2O5/c16-12-9-5-8(15(19)20)3-4-11(9)14(7-1-2-7)6-10(12)13(17)18/h3-7H,1-2H2,(H,17,18). The third kappa shape index (κ3) is 1.83. The molecule has 0 aliphatic heterocycles. The van der Waals surface area contributed by atoms with Gasteiger partial charge < -0.3 is 9.67 Å². The van der Waals surface area contributed by atoms with E-state index in [0.717, 1.165) is 18.9 Å². The molecule has 0 saturated heterocycles. The minimum Gasteiger partial charge on any atom is -0.477 e. The summed E-state index contributed by atoms with van der Waals surface area (Å²) >= 11 is 0. The highest BCUT2D eigenvalue weighted by Gasteiger charge is 2.27. The molecule has 2 aromatic rings. The van der Waals surface area contributed by atoms with Crippen LogP contribution in [0.25, 0.3) is 10.9 Å². The van der Waals surface area contributed by atoms with E-state index in [4.69, 9.17) is 5.11 Å². The molecule has 1 aromatic carbocycles. The van der Waals surface area contributed by atoms with Crippen molar-refractivity contribution in [3.63, 3.8) is 0 Å². The average molecular weight is 274 g/mol. The first kappa shape index (κ1) is 12.3. The van der Waals surface area contributed by atoms with E-state index in [2.05, 4.69) is 0 Å². The highest BCUT2D eigenvalue weighted by molar-refractivity contribution is 5.93. The summed E-state index contributed by atoms with van der Waals surface area (Å²) in [6.45, 7) is 0. The second kappa shape index (κ2) is 4.16. The number of fused-ring (bicyclic) bond motifs is 1. The Bertz CT molecular complexity index is 804. The fraction of sp³-hybridized carbons (Fsp3) is 0.231. The van der Waals surface area contributed by atoms with Crippen LogP contribution >= 0.6 is 0 Å². The van der Waals surface area contributed by atoms with E-state index in [1.807, 2.05) is 0 Å². The fourth-order valence-corrected chi connectivity index (χ4v) is 2.26. The van der Waals surface area contributed by atoms with Crippen LogP contribution in [0.2, 0.25) is 0 Å². The predicted molar refractivity (Wildman–Crippen MR) is 70.1 cm³/mol. The molecule has 1 saturated carbocycles. The lowest BCUT2D eigenvalue weighted by Gasteiger charge is -2.10. The summed E-state index contributed by atoms with van der Waals surface area (Å²) in [4.78, 5) is 33.4. The van der Waals surface area contributed by atoms with Crippen LogP contribution in [0, 0.1) is 10.1 Å².